The summed E-state index contributed by atoms with van der Waals surface area (Å²) >= 11 is 1.34. The summed E-state index contributed by atoms with van der Waals surface area (Å²) in [6.07, 6.45) is 0. The molecular weight excluding hydrogens is 472 g/mol. The van der Waals surface area contributed by atoms with Crippen LogP contribution in [-0.4, -0.2) is 81.7 Å². The molecule has 1 atom stereocenters. The van der Waals surface area contributed by atoms with Gasteiger partial charge in [0.05, 0.1) is 13.2 Å². The third-order valence-electron chi connectivity index (χ3n) is 5.45. The molecule has 186 valence electrons. The zero-order chi connectivity index (χ0) is 25.4. The molecule has 1 heterocycles. The first kappa shape index (κ1) is 26.0. The Morgan fingerprint density at radius 1 is 1.06 bits per heavy atom. The highest BCUT2D eigenvalue weighted by Gasteiger charge is 2.27. The molecule has 2 aromatic rings. The summed E-state index contributed by atoms with van der Waals surface area (Å²) in [6.45, 7) is -1.10. The van der Waals surface area contributed by atoms with Crippen molar-refractivity contribution in [3.63, 3.8) is 0 Å². The van der Waals surface area contributed by atoms with Gasteiger partial charge in [-0.25, -0.2) is 0 Å². The van der Waals surface area contributed by atoms with Gasteiger partial charge < -0.3 is 31.1 Å². The van der Waals surface area contributed by atoms with Crippen LogP contribution in [0.2, 0.25) is 0 Å². The van der Waals surface area contributed by atoms with Crippen molar-refractivity contribution in [3.8, 4) is 5.75 Å². The normalized spacial score (nSPS) is 18.0. The molecular formula is C24H28N4O6S. The van der Waals surface area contributed by atoms with Gasteiger partial charge >= 0.3 is 0 Å². The van der Waals surface area contributed by atoms with Gasteiger partial charge in [-0.15, -0.1) is 0 Å². The van der Waals surface area contributed by atoms with Crippen molar-refractivity contribution in [1.82, 2.24) is 15.1 Å². The minimum absolute atomic E-state index is 0.0280. The molecule has 0 bridgehead atoms. The first-order valence-corrected chi connectivity index (χ1v) is 12.1. The topological polar surface area (TPSA) is 153 Å². The molecule has 4 amide bonds. The number of primary amides is 1. The van der Waals surface area contributed by atoms with Gasteiger partial charge in [-0.2, -0.15) is 11.8 Å². The first-order chi connectivity index (χ1) is 16.8. The smallest absolute Gasteiger partial charge is 0.254 e. The van der Waals surface area contributed by atoms with Gasteiger partial charge in [-0.3, -0.25) is 19.2 Å². The molecule has 1 aliphatic heterocycles. The van der Waals surface area contributed by atoms with Gasteiger partial charge in [0.2, 0.25) is 17.7 Å². The number of aliphatic hydroxyl groups excluding tert-OH is 1. The number of hydrogen-bond acceptors (Lipinski definition) is 7. The van der Waals surface area contributed by atoms with E-state index >= 15 is 0 Å². The number of carbonyl (C=O) groups is 4. The van der Waals surface area contributed by atoms with E-state index in [1.807, 2.05) is 0 Å². The predicted octanol–water partition coefficient (Wildman–Crippen LogP) is 0.0724. The van der Waals surface area contributed by atoms with Gasteiger partial charge in [0.25, 0.3) is 5.91 Å². The number of carbonyl (C=O) groups excluding carboxylic acids is 4. The molecule has 1 aliphatic rings. The van der Waals surface area contributed by atoms with E-state index in [0.29, 0.717) is 22.4 Å². The molecule has 0 fully saturated rings. The van der Waals surface area contributed by atoms with E-state index in [0.717, 1.165) is 0 Å². The van der Waals surface area contributed by atoms with Crippen LogP contribution in [0.1, 0.15) is 21.5 Å². The number of nitrogens with zero attached hydrogens (tertiary/aromatic N) is 2. The molecule has 0 saturated carbocycles. The average molecular weight is 501 g/mol. The lowest BCUT2D eigenvalue weighted by molar-refractivity contribution is -0.137. The van der Waals surface area contributed by atoms with E-state index < -0.39 is 29.7 Å². The maximum absolute atomic E-state index is 13.3. The van der Waals surface area contributed by atoms with E-state index in [2.05, 4.69) is 5.32 Å². The van der Waals surface area contributed by atoms with Crippen LogP contribution in [-0.2, 0) is 26.7 Å². The summed E-state index contributed by atoms with van der Waals surface area (Å²) in [5.41, 5.74) is 7.22. The molecule has 5 N–H and O–H groups in total. The molecule has 0 unspecified atom stereocenters. The van der Waals surface area contributed by atoms with Crippen LogP contribution < -0.4 is 11.1 Å². The van der Waals surface area contributed by atoms with Crippen LogP contribution in [0.25, 0.3) is 0 Å². The van der Waals surface area contributed by atoms with Crippen molar-refractivity contribution in [2.45, 2.75) is 18.3 Å². The maximum atomic E-state index is 13.3. The van der Waals surface area contributed by atoms with Crippen molar-refractivity contribution in [2.75, 3.05) is 32.0 Å². The van der Waals surface area contributed by atoms with Crippen LogP contribution in [0.5, 0.6) is 5.75 Å². The number of phenolic OH excluding ortho intramolecular Hbond substituents is 1. The number of aliphatic hydroxyl groups is 1. The molecule has 11 heteroatoms. The fourth-order valence-electron chi connectivity index (χ4n) is 3.61. The molecule has 0 saturated heterocycles. The van der Waals surface area contributed by atoms with Gasteiger partial charge in [0.15, 0.2) is 0 Å². The second kappa shape index (κ2) is 12.2. The summed E-state index contributed by atoms with van der Waals surface area (Å²) in [5, 5.41) is 21.7. The van der Waals surface area contributed by atoms with Gasteiger partial charge in [-0.05, 0) is 29.3 Å². The van der Waals surface area contributed by atoms with E-state index in [4.69, 9.17) is 5.73 Å². The van der Waals surface area contributed by atoms with E-state index in [9.17, 15) is 29.4 Å². The Kier molecular flexibility index (Phi) is 9.10. The minimum atomic E-state index is -0.949. The number of β-amino-alcohol motifs (C(OH)–C–C–N with tert-alkyl or cyclic N) is 1. The largest absolute Gasteiger partial charge is 0.508 e. The number of aromatic hydroxyl groups is 1. The molecule has 10 nitrogen and oxygen atoms in total. The lowest BCUT2D eigenvalue weighted by atomic mass is 10.1. The number of nitrogens with one attached hydrogen (secondary N) is 1. The molecule has 0 spiro atoms. The summed E-state index contributed by atoms with van der Waals surface area (Å²) < 4.78 is 0. The fraction of sp³-hybridized carbons (Fsp3) is 0.333. The minimum Gasteiger partial charge on any atom is -0.508 e. The first-order valence-electron chi connectivity index (χ1n) is 11.0. The van der Waals surface area contributed by atoms with Gasteiger partial charge in [0.1, 0.15) is 18.3 Å². The van der Waals surface area contributed by atoms with Crippen molar-refractivity contribution in [2.24, 2.45) is 5.73 Å². The van der Waals surface area contributed by atoms with Crippen LogP contribution in [0.15, 0.2) is 48.5 Å². The van der Waals surface area contributed by atoms with Gasteiger partial charge in [-0.1, -0.05) is 30.3 Å². The second-order valence-corrected chi connectivity index (χ2v) is 9.09. The van der Waals surface area contributed by atoms with Crippen LogP contribution >= 0.6 is 11.8 Å². The predicted molar refractivity (Wildman–Crippen MR) is 130 cm³/mol. The highest BCUT2D eigenvalue weighted by Crippen LogP contribution is 2.20. The summed E-state index contributed by atoms with van der Waals surface area (Å²) in [5.74, 6) is -1.58. The van der Waals surface area contributed by atoms with Crippen molar-refractivity contribution >= 4 is 35.4 Å². The number of hydrogen-bond donors (Lipinski definition) is 4. The molecule has 2 aromatic carbocycles. The van der Waals surface area contributed by atoms with Gasteiger partial charge in [0, 0.05) is 30.2 Å². The summed E-state index contributed by atoms with van der Waals surface area (Å²) in [4.78, 5) is 53.8. The van der Waals surface area contributed by atoms with Crippen molar-refractivity contribution < 1.29 is 29.4 Å². The molecule has 0 radical (unpaired) electrons. The Hall–Kier alpha value is -3.57. The second-order valence-electron chi connectivity index (χ2n) is 8.06. The standard InChI is InChI=1S/C24H28N4O6S/c25-23(33)20-15-35-14-17-3-1-2-4-19(17)24(34)27(9-10-29)13-22(32)28(12-21(31)26-20)11-16-5-7-18(30)8-6-16/h1-8,20,29-30H,9-15H2,(H2,25,33)(H,26,31)/t20-/m0/s1. The Balaban J connectivity index is 1.96. The summed E-state index contributed by atoms with van der Waals surface area (Å²) in [6, 6.07) is 12.1. The molecule has 35 heavy (non-hydrogen) atoms. The van der Waals surface area contributed by atoms with Crippen LogP contribution in [0.4, 0.5) is 0 Å². The molecule has 3 rings (SSSR count). The van der Waals surface area contributed by atoms with E-state index in [-0.39, 0.29) is 44.3 Å². The lowest BCUT2D eigenvalue weighted by Gasteiger charge is -2.28. The highest BCUT2D eigenvalue weighted by atomic mass is 32.2. The number of thioether (sulfide) groups is 1. The number of rotatable bonds is 5. The zero-order valence-electron chi connectivity index (χ0n) is 19.1. The average Bonchev–Trinajstić information content (AvgIpc) is 2.83. The SMILES string of the molecule is NC(=O)[C@@H]1CSCc2ccccc2C(=O)N(CCO)CC(=O)N(Cc2ccc(O)cc2)CC(=O)N1. The monoisotopic (exact) mass is 500 g/mol. The molecule has 0 aromatic heterocycles. The molecule has 0 aliphatic carbocycles. The lowest BCUT2D eigenvalue weighted by Crippen LogP contribution is -2.51. The van der Waals surface area contributed by atoms with Crippen LogP contribution in [0.3, 0.4) is 0 Å². The van der Waals surface area contributed by atoms with Crippen LogP contribution in [0, 0.1) is 0 Å². The van der Waals surface area contributed by atoms with Crippen molar-refractivity contribution in [1.29, 1.82) is 0 Å². The number of phenols is 1. The number of benzene rings is 2. The highest BCUT2D eigenvalue weighted by molar-refractivity contribution is 7.98. The zero-order valence-corrected chi connectivity index (χ0v) is 19.9. The Labute approximate surface area is 207 Å². The number of nitrogens with two attached hydrogens (primary N) is 1. The van der Waals surface area contributed by atoms with E-state index in [1.54, 1.807) is 36.4 Å². The quantitative estimate of drug-likeness (QED) is 0.453. The number of fused-ring (bicyclic) bond motifs is 1. The Bertz CT molecular complexity index is 1080. The third kappa shape index (κ3) is 7.20. The van der Waals surface area contributed by atoms with Crippen molar-refractivity contribution in [3.05, 3.63) is 65.2 Å². The van der Waals surface area contributed by atoms with E-state index in [1.165, 1.54) is 33.7 Å². The maximum Gasteiger partial charge on any atom is 0.254 e. The fourth-order valence-corrected chi connectivity index (χ4v) is 4.68. The Morgan fingerprint density at radius 2 is 1.77 bits per heavy atom. The Morgan fingerprint density at radius 3 is 2.46 bits per heavy atom. The number of amides is 4. The summed E-state index contributed by atoms with van der Waals surface area (Å²) in [7, 11) is 0. The third-order valence-corrected chi connectivity index (χ3v) is 6.53.